The highest BCUT2D eigenvalue weighted by molar-refractivity contribution is 8.04. The molecule has 1 N–H and O–H groups in total. The summed E-state index contributed by atoms with van der Waals surface area (Å²) in [6.07, 6.45) is 7.84. The Balaban J connectivity index is 2.01. The fraction of sp³-hybridized carbons (Fsp3) is 0.214. The van der Waals surface area contributed by atoms with Gasteiger partial charge < -0.3 is 4.74 Å². The molecule has 25 heavy (non-hydrogen) atoms. The maximum atomic E-state index is 12.5. The number of thioether (sulfide) groups is 1. The topological polar surface area (TPSA) is 79.2 Å². The van der Waals surface area contributed by atoms with Crippen LogP contribution in [0.2, 0.25) is 0 Å². The second-order valence-corrected chi connectivity index (χ2v) is 8.29. The minimum absolute atomic E-state index is 0.0689. The van der Waals surface area contributed by atoms with Gasteiger partial charge in [-0.2, -0.15) is 13.2 Å². The Bertz CT molecular complexity index is 896. The highest BCUT2D eigenvalue weighted by Gasteiger charge is 2.35. The van der Waals surface area contributed by atoms with Crippen LogP contribution in [0.4, 0.5) is 13.2 Å². The molecule has 0 saturated carbocycles. The van der Waals surface area contributed by atoms with Gasteiger partial charge in [0.1, 0.15) is 5.70 Å². The maximum Gasteiger partial charge on any atom is 0.446 e. The number of allylic oxidation sites excluding steroid dienone is 3. The van der Waals surface area contributed by atoms with Crippen molar-refractivity contribution in [2.24, 2.45) is 4.99 Å². The predicted molar refractivity (Wildman–Crippen MR) is 85.9 cm³/mol. The second-order valence-electron chi connectivity index (χ2n) is 5.17. The molecule has 6 nitrogen and oxygen atoms in total. The van der Waals surface area contributed by atoms with E-state index in [0.717, 1.165) is 6.26 Å². The number of nitrogens with zero attached hydrogens (tertiary/aromatic N) is 2. The quantitative estimate of drug-likeness (QED) is 0.779. The third-order valence-electron chi connectivity index (χ3n) is 3.26. The zero-order chi connectivity index (χ0) is 18.4. The lowest BCUT2D eigenvalue weighted by molar-refractivity contribution is -0.0321. The molecule has 11 heteroatoms. The molecule has 0 aromatic carbocycles. The lowest BCUT2D eigenvalue weighted by Gasteiger charge is -2.21. The Morgan fingerprint density at radius 2 is 2.12 bits per heavy atom. The first-order valence-electron chi connectivity index (χ1n) is 6.77. The third-order valence-corrected chi connectivity index (χ3v) is 5.11. The van der Waals surface area contributed by atoms with Crippen molar-refractivity contribution in [2.75, 3.05) is 6.26 Å². The van der Waals surface area contributed by atoms with Gasteiger partial charge in [-0.3, -0.25) is 5.21 Å². The molecule has 134 valence electrons. The van der Waals surface area contributed by atoms with Crippen LogP contribution in [0, 0.1) is 0 Å². The van der Waals surface area contributed by atoms with Crippen LogP contribution in [0.15, 0.2) is 63.0 Å². The van der Waals surface area contributed by atoms with Gasteiger partial charge in [0.15, 0.2) is 15.9 Å². The molecule has 1 atom stereocenters. The van der Waals surface area contributed by atoms with Crippen molar-refractivity contribution < 1.29 is 31.5 Å². The molecule has 3 aliphatic rings. The summed E-state index contributed by atoms with van der Waals surface area (Å²) >= 11 is -0.288. The minimum Gasteiger partial charge on any atom is -0.462 e. The van der Waals surface area contributed by atoms with Gasteiger partial charge in [0.2, 0.25) is 5.88 Å². The summed E-state index contributed by atoms with van der Waals surface area (Å²) < 4.78 is 66.7. The van der Waals surface area contributed by atoms with Crippen molar-refractivity contribution in [3.63, 3.8) is 0 Å². The van der Waals surface area contributed by atoms with Crippen LogP contribution in [0.5, 0.6) is 0 Å². The molecule has 0 amide bonds. The van der Waals surface area contributed by atoms with E-state index in [1.54, 1.807) is 0 Å². The van der Waals surface area contributed by atoms with Crippen molar-refractivity contribution in [1.82, 2.24) is 5.06 Å². The van der Waals surface area contributed by atoms with Crippen LogP contribution in [0.3, 0.4) is 0 Å². The van der Waals surface area contributed by atoms with Crippen LogP contribution in [-0.2, 0) is 14.6 Å². The smallest absolute Gasteiger partial charge is 0.446 e. The van der Waals surface area contributed by atoms with Crippen molar-refractivity contribution in [2.45, 2.75) is 11.6 Å². The van der Waals surface area contributed by atoms with Crippen LogP contribution >= 0.6 is 11.8 Å². The van der Waals surface area contributed by atoms with E-state index in [4.69, 9.17) is 4.74 Å². The summed E-state index contributed by atoms with van der Waals surface area (Å²) in [6, 6.07) is 0. The van der Waals surface area contributed by atoms with Crippen LogP contribution in [-0.4, -0.2) is 42.3 Å². The highest BCUT2D eigenvalue weighted by atomic mass is 32.2. The largest absolute Gasteiger partial charge is 0.462 e. The zero-order valence-corrected chi connectivity index (χ0v) is 14.2. The second kappa shape index (κ2) is 6.07. The van der Waals surface area contributed by atoms with Gasteiger partial charge in [0.05, 0.1) is 10.6 Å². The first kappa shape index (κ1) is 17.8. The van der Waals surface area contributed by atoms with Gasteiger partial charge in [-0.05, 0) is 42.1 Å². The van der Waals surface area contributed by atoms with Gasteiger partial charge in [-0.1, -0.05) is 0 Å². The van der Waals surface area contributed by atoms with Gasteiger partial charge in [0.25, 0.3) is 0 Å². The van der Waals surface area contributed by atoms with E-state index < -0.39 is 21.4 Å². The first-order valence-corrected chi connectivity index (χ1v) is 9.47. The molecule has 0 spiro atoms. The molecule has 0 saturated heterocycles. The predicted octanol–water partition coefficient (Wildman–Crippen LogP) is 2.85. The van der Waals surface area contributed by atoms with Crippen molar-refractivity contribution in [3.05, 3.63) is 58.0 Å². The first-order chi connectivity index (χ1) is 11.5. The molecule has 0 aromatic heterocycles. The number of fused-ring (bicyclic) bond motifs is 1. The molecule has 0 fully saturated rings. The van der Waals surface area contributed by atoms with Crippen LogP contribution in [0.1, 0.15) is 0 Å². The number of hydroxylamine groups is 2. The van der Waals surface area contributed by atoms with Crippen molar-refractivity contribution in [1.29, 1.82) is 0 Å². The summed E-state index contributed by atoms with van der Waals surface area (Å²) in [5.41, 5.74) is -4.45. The Morgan fingerprint density at radius 1 is 1.40 bits per heavy atom. The summed E-state index contributed by atoms with van der Waals surface area (Å²) in [4.78, 5) is 3.77. The summed E-state index contributed by atoms with van der Waals surface area (Å²) in [5.74, 6) is -0.192. The molecule has 3 rings (SSSR count). The average Bonchev–Trinajstić information content (AvgIpc) is 2.86. The molecular weight excluding hydrogens is 381 g/mol. The normalized spacial score (nSPS) is 26.0. The standard InChI is InChI=1S/C14H11F3N2O4S2/c1-25(21,22)11-3-2-6-19(20)12(11)13-18-9-7-8(24-14(15,16)17)4-5-10(9)23-13/h2-7,10,20H,1H3. The fourth-order valence-corrected chi connectivity index (χ4v) is 3.75. The fourth-order valence-electron chi connectivity index (χ4n) is 2.30. The molecular formula is C14H11F3N2O4S2. The van der Waals surface area contributed by atoms with Crippen molar-refractivity contribution in [3.8, 4) is 0 Å². The molecule has 2 heterocycles. The molecule has 1 unspecified atom stereocenters. The van der Waals surface area contributed by atoms with Crippen molar-refractivity contribution >= 4 is 27.3 Å². The highest BCUT2D eigenvalue weighted by Crippen LogP contribution is 2.39. The van der Waals surface area contributed by atoms with E-state index >= 15 is 0 Å². The molecule has 0 bridgehead atoms. The van der Waals surface area contributed by atoms with E-state index in [2.05, 4.69) is 4.99 Å². The van der Waals surface area contributed by atoms with Gasteiger partial charge in [0, 0.05) is 17.4 Å². The Morgan fingerprint density at radius 3 is 2.76 bits per heavy atom. The Hall–Kier alpha value is -1.98. The number of aliphatic imine (C=N–C) groups is 1. The number of hydrogen-bond acceptors (Lipinski definition) is 7. The Labute approximate surface area is 145 Å². The molecule has 0 radical (unpaired) electrons. The lowest BCUT2D eigenvalue weighted by atomic mass is 10.1. The van der Waals surface area contributed by atoms with Crippen LogP contribution < -0.4 is 0 Å². The maximum absolute atomic E-state index is 12.5. The average molecular weight is 392 g/mol. The molecule has 0 aromatic rings. The third kappa shape index (κ3) is 3.83. The monoisotopic (exact) mass is 392 g/mol. The lowest BCUT2D eigenvalue weighted by Crippen LogP contribution is -2.22. The number of sulfone groups is 1. The summed E-state index contributed by atoms with van der Waals surface area (Å²) in [6.45, 7) is 0. The minimum atomic E-state index is -4.44. The van der Waals surface area contributed by atoms with Gasteiger partial charge in [-0.15, -0.1) is 0 Å². The van der Waals surface area contributed by atoms with Gasteiger partial charge >= 0.3 is 5.51 Å². The molecule has 2 aliphatic heterocycles. The Kier molecular flexibility index (Phi) is 4.33. The van der Waals surface area contributed by atoms with Crippen LogP contribution in [0.25, 0.3) is 0 Å². The number of hydrogen-bond donors (Lipinski definition) is 1. The van der Waals surface area contributed by atoms with E-state index in [-0.39, 0.29) is 38.9 Å². The number of rotatable bonds is 2. The SMILES string of the molecule is CS(=O)(=O)C1=CC=CN(O)C1=C1N=C2C=C(SC(F)(F)F)C=CC2O1. The van der Waals surface area contributed by atoms with E-state index in [9.17, 15) is 26.8 Å². The number of halogens is 3. The van der Waals surface area contributed by atoms with E-state index in [1.165, 1.54) is 36.6 Å². The molecule has 1 aliphatic carbocycles. The zero-order valence-electron chi connectivity index (χ0n) is 12.6. The number of ether oxygens (including phenoxy) is 1. The van der Waals surface area contributed by atoms with E-state index in [0.29, 0.717) is 5.06 Å². The van der Waals surface area contributed by atoms with Gasteiger partial charge in [-0.25, -0.2) is 18.5 Å². The van der Waals surface area contributed by atoms with E-state index in [1.807, 2.05) is 0 Å². The summed E-state index contributed by atoms with van der Waals surface area (Å²) in [5, 5.41) is 10.5. The summed E-state index contributed by atoms with van der Waals surface area (Å²) in [7, 11) is -3.70. The number of alkyl halides is 3.